The number of methoxy groups -OCH3 is 1. The third-order valence-corrected chi connectivity index (χ3v) is 6.33. The molecule has 2 heterocycles. The van der Waals surface area contributed by atoms with Crippen molar-refractivity contribution in [2.75, 3.05) is 33.3 Å². The van der Waals surface area contributed by atoms with Crippen molar-refractivity contribution in [3.63, 3.8) is 0 Å². The zero-order valence-electron chi connectivity index (χ0n) is 18.1. The lowest BCUT2D eigenvalue weighted by molar-refractivity contribution is -0.129. The summed E-state index contributed by atoms with van der Waals surface area (Å²) in [5, 5.41) is 3.14. The number of rotatable bonds is 8. The molecule has 0 radical (unpaired) electrons. The molecule has 0 spiro atoms. The largest absolute Gasteiger partial charge is 0.497 e. The number of carbonyl (C=O) groups is 2. The van der Waals surface area contributed by atoms with Gasteiger partial charge in [-0.15, -0.1) is 0 Å². The van der Waals surface area contributed by atoms with E-state index in [0.717, 1.165) is 30.0 Å². The molecule has 6 heteroatoms. The SMILES string of the molecule is COc1cccc(C(CNC(=O)C2CC(=O)N(Cc3ccccc3)C2)N2CCCC2)c1. The Bertz CT molecular complexity index is 896. The van der Waals surface area contributed by atoms with Crippen LogP contribution in [0.3, 0.4) is 0 Å². The number of hydrogen-bond acceptors (Lipinski definition) is 4. The number of nitrogens with one attached hydrogen (secondary N) is 1. The van der Waals surface area contributed by atoms with E-state index in [4.69, 9.17) is 4.74 Å². The molecule has 6 nitrogen and oxygen atoms in total. The molecule has 0 aliphatic carbocycles. The quantitative estimate of drug-likeness (QED) is 0.712. The fourth-order valence-corrected chi connectivity index (χ4v) is 4.61. The van der Waals surface area contributed by atoms with E-state index in [1.54, 1.807) is 12.0 Å². The summed E-state index contributed by atoms with van der Waals surface area (Å²) in [6, 6.07) is 18.1. The summed E-state index contributed by atoms with van der Waals surface area (Å²) in [5.41, 5.74) is 2.23. The van der Waals surface area contributed by atoms with Gasteiger partial charge in [0.05, 0.1) is 19.1 Å². The second kappa shape index (κ2) is 9.96. The molecule has 0 bridgehead atoms. The molecule has 2 aromatic rings. The molecule has 4 rings (SSSR count). The molecule has 2 fully saturated rings. The number of ether oxygens (including phenoxy) is 1. The van der Waals surface area contributed by atoms with Crippen LogP contribution >= 0.6 is 0 Å². The fraction of sp³-hybridized carbons (Fsp3) is 0.440. The topological polar surface area (TPSA) is 61.9 Å². The Balaban J connectivity index is 1.38. The highest BCUT2D eigenvalue weighted by Gasteiger charge is 2.35. The van der Waals surface area contributed by atoms with Crippen LogP contribution in [0.1, 0.15) is 36.4 Å². The first kappa shape index (κ1) is 21.4. The molecule has 164 valence electrons. The van der Waals surface area contributed by atoms with Crippen molar-refractivity contribution in [1.82, 2.24) is 15.1 Å². The van der Waals surface area contributed by atoms with Gasteiger partial charge in [-0.2, -0.15) is 0 Å². The molecular weight excluding hydrogens is 390 g/mol. The third-order valence-electron chi connectivity index (χ3n) is 6.33. The first-order valence-corrected chi connectivity index (χ1v) is 11.1. The van der Waals surface area contributed by atoms with Crippen LogP contribution in [0.2, 0.25) is 0 Å². The van der Waals surface area contributed by atoms with E-state index in [1.807, 2.05) is 42.5 Å². The second-order valence-electron chi connectivity index (χ2n) is 8.44. The average Bonchev–Trinajstić information content (AvgIpc) is 3.45. The number of carbonyl (C=O) groups excluding carboxylic acids is 2. The van der Waals surface area contributed by atoms with Gasteiger partial charge in [0, 0.05) is 26.1 Å². The number of amides is 2. The minimum Gasteiger partial charge on any atom is -0.497 e. The predicted molar refractivity (Wildman–Crippen MR) is 120 cm³/mol. The highest BCUT2D eigenvalue weighted by atomic mass is 16.5. The van der Waals surface area contributed by atoms with Gasteiger partial charge in [-0.3, -0.25) is 14.5 Å². The molecule has 2 aromatic carbocycles. The Hall–Kier alpha value is -2.86. The Morgan fingerprint density at radius 1 is 1.13 bits per heavy atom. The van der Waals surface area contributed by atoms with E-state index in [1.165, 1.54) is 12.8 Å². The van der Waals surface area contributed by atoms with Crippen LogP contribution in [-0.4, -0.2) is 54.9 Å². The van der Waals surface area contributed by atoms with Crippen molar-refractivity contribution in [3.05, 3.63) is 65.7 Å². The van der Waals surface area contributed by atoms with E-state index in [0.29, 0.717) is 19.6 Å². The fourth-order valence-electron chi connectivity index (χ4n) is 4.61. The maximum Gasteiger partial charge on any atom is 0.225 e. The van der Waals surface area contributed by atoms with Crippen LogP contribution in [0.25, 0.3) is 0 Å². The Morgan fingerprint density at radius 2 is 1.90 bits per heavy atom. The first-order chi connectivity index (χ1) is 15.1. The van der Waals surface area contributed by atoms with E-state index in [-0.39, 0.29) is 30.2 Å². The van der Waals surface area contributed by atoms with Gasteiger partial charge in [0.2, 0.25) is 11.8 Å². The molecule has 2 aliphatic heterocycles. The average molecular weight is 422 g/mol. The maximum atomic E-state index is 12.9. The van der Waals surface area contributed by atoms with Crippen molar-refractivity contribution in [2.45, 2.75) is 31.8 Å². The van der Waals surface area contributed by atoms with Gasteiger partial charge in [0.15, 0.2) is 0 Å². The minimum absolute atomic E-state index is 0.0315. The van der Waals surface area contributed by atoms with Crippen LogP contribution in [0.5, 0.6) is 5.75 Å². The normalized spacial score (nSPS) is 20.1. The smallest absolute Gasteiger partial charge is 0.225 e. The van der Waals surface area contributed by atoms with Gasteiger partial charge in [-0.25, -0.2) is 0 Å². The van der Waals surface area contributed by atoms with Crippen LogP contribution < -0.4 is 10.1 Å². The molecule has 0 saturated carbocycles. The summed E-state index contributed by atoms with van der Waals surface area (Å²) in [4.78, 5) is 29.6. The number of nitrogens with zero attached hydrogens (tertiary/aromatic N) is 2. The van der Waals surface area contributed by atoms with Gasteiger partial charge in [-0.1, -0.05) is 42.5 Å². The molecule has 1 N–H and O–H groups in total. The van der Waals surface area contributed by atoms with Crippen LogP contribution in [0.4, 0.5) is 0 Å². The summed E-state index contributed by atoms with van der Waals surface area (Å²) in [5.74, 6) is 0.551. The zero-order valence-corrected chi connectivity index (χ0v) is 18.1. The second-order valence-corrected chi connectivity index (χ2v) is 8.44. The van der Waals surface area contributed by atoms with Gasteiger partial charge in [-0.05, 0) is 49.2 Å². The molecule has 0 aromatic heterocycles. The van der Waals surface area contributed by atoms with Crippen molar-refractivity contribution in [1.29, 1.82) is 0 Å². The summed E-state index contributed by atoms with van der Waals surface area (Å²) in [7, 11) is 1.67. The van der Waals surface area contributed by atoms with Crippen molar-refractivity contribution >= 4 is 11.8 Å². The van der Waals surface area contributed by atoms with E-state index in [9.17, 15) is 9.59 Å². The Kier molecular flexibility index (Phi) is 6.87. The van der Waals surface area contributed by atoms with Crippen LogP contribution in [0.15, 0.2) is 54.6 Å². The molecular formula is C25H31N3O3. The monoisotopic (exact) mass is 421 g/mol. The Labute approximate surface area is 184 Å². The number of hydrogen-bond donors (Lipinski definition) is 1. The van der Waals surface area contributed by atoms with E-state index in [2.05, 4.69) is 22.3 Å². The molecule has 2 aliphatic rings. The Morgan fingerprint density at radius 3 is 2.65 bits per heavy atom. The summed E-state index contributed by atoms with van der Waals surface area (Å²) < 4.78 is 5.40. The molecule has 2 amide bonds. The maximum absolute atomic E-state index is 12.9. The molecule has 2 saturated heterocycles. The van der Waals surface area contributed by atoms with E-state index >= 15 is 0 Å². The van der Waals surface area contributed by atoms with Crippen molar-refractivity contribution < 1.29 is 14.3 Å². The van der Waals surface area contributed by atoms with Crippen molar-refractivity contribution in [3.8, 4) is 5.75 Å². The summed E-state index contributed by atoms with van der Waals surface area (Å²) in [6.45, 7) is 3.64. The van der Waals surface area contributed by atoms with Crippen LogP contribution in [-0.2, 0) is 16.1 Å². The van der Waals surface area contributed by atoms with E-state index < -0.39 is 0 Å². The summed E-state index contributed by atoms with van der Waals surface area (Å²) >= 11 is 0. The highest BCUT2D eigenvalue weighted by molar-refractivity contribution is 5.89. The molecule has 2 atom stereocenters. The van der Waals surface area contributed by atoms with Gasteiger partial charge >= 0.3 is 0 Å². The van der Waals surface area contributed by atoms with Gasteiger partial charge < -0.3 is 15.0 Å². The van der Waals surface area contributed by atoms with Crippen LogP contribution in [0, 0.1) is 5.92 Å². The standard InChI is InChI=1S/C25H31N3O3/c1-31-22-11-7-10-20(14-22)23(27-12-5-6-13-27)16-26-25(30)21-15-24(29)28(18-21)17-19-8-3-2-4-9-19/h2-4,7-11,14,21,23H,5-6,12-13,15-18H2,1H3,(H,26,30). The third kappa shape index (κ3) is 5.25. The van der Waals surface area contributed by atoms with Gasteiger partial charge in [0.25, 0.3) is 0 Å². The zero-order chi connectivity index (χ0) is 21.6. The lowest BCUT2D eigenvalue weighted by atomic mass is 10.0. The number of likely N-dealkylation sites (tertiary alicyclic amines) is 2. The first-order valence-electron chi connectivity index (χ1n) is 11.1. The molecule has 31 heavy (non-hydrogen) atoms. The van der Waals surface area contributed by atoms with Crippen molar-refractivity contribution in [2.24, 2.45) is 5.92 Å². The summed E-state index contributed by atoms with van der Waals surface area (Å²) in [6.07, 6.45) is 2.65. The number of benzene rings is 2. The highest BCUT2D eigenvalue weighted by Crippen LogP contribution is 2.27. The minimum atomic E-state index is -0.291. The molecule has 2 unspecified atom stereocenters. The lowest BCUT2D eigenvalue weighted by Crippen LogP contribution is -2.40. The van der Waals surface area contributed by atoms with Gasteiger partial charge in [0.1, 0.15) is 5.75 Å². The lowest BCUT2D eigenvalue weighted by Gasteiger charge is -2.29. The predicted octanol–water partition coefficient (Wildman–Crippen LogP) is 3.00.